The number of amides is 1. The molecule has 20 heavy (non-hydrogen) atoms. The van der Waals surface area contributed by atoms with Gasteiger partial charge in [-0.15, -0.1) is 0 Å². The van der Waals surface area contributed by atoms with Gasteiger partial charge in [0.2, 0.25) is 5.91 Å². The van der Waals surface area contributed by atoms with Crippen LogP contribution in [0.3, 0.4) is 0 Å². The van der Waals surface area contributed by atoms with Crippen LogP contribution in [0, 0.1) is 0 Å². The summed E-state index contributed by atoms with van der Waals surface area (Å²) >= 11 is 0. The Kier molecular flexibility index (Phi) is 3.99. The largest absolute Gasteiger partial charge is 0.496 e. The molecule has 1 amide bonds. The first kappa shape index (κ1) is 14.0. The summed E-state index contributed by atoms with van der Waals surface area (Å²) in [5.74, 6) is 1.70. The van der Waals surface area contributed by atoms with Gasteiger partial charge < -0.3 is 15.8 Å². The first-order chi connectivity index (χ1) is 9.55. The number of rotatable bonds is 4. The predicted molar refractivity (Wildman–Crippen MR) is 75.2 cm³/mol. The molecule has 0 radical (unpaired) electrons. The molecule has 1 aromatic heterocycles. The number of methoxy groups -OCH3 is 1. The van der Waals surface area contributed by atoms with Gasteiger partial charge in [-0.2, -0.15) is 5.10 Å². The molecule has 2 aromatic rings. The van der Waals surface area contributed by atoms with Gasteiger partial charge in [-0.3, -0.25) is 4.79 Å². The molecule has 1 heterocycles. The van der Waals surface area contributed by atoms with Crippen LogP contribution < -0.4 is 15.8 Å². The van der Waals surface area contributed by atoms with E-state index in [0.29, 0.717) is 23.1 Å². The van der Waals surface area contributed by atoms with Gasteiger partial charge in [-0.25, -0.2) is 9.67 Å². The number of hydrogen-bond donors (Lipinski definition) is 2. The third-order valence-electron chi connectivity index (χ3n) is 2.75. The van der Waals surface area contributed by atoms with Crippen molar-refractivity contribution in [3.8, 4) is 17.1 Å². The fourth-order valence-electron chi connectivity index (χ4n) is 1.92. The number of carbonyl (C=O) groups excluding carboxylic acids is 1. The second kappa shape index (κ2) is 5.70. The van der Waals surface area contributed by atoms with Crippen LogP contribution in [0.4, 0.5) is 5.69 Å². The Morgan fingerprint density at radius 3 is 2.80 bits per heavy atom. The Morgan fingerprint density at radius 2 is 2.25 bits per heavy atom. The molecule has 2 rings (SSSR count). The zero-order valence-corrected chi connectivity index (χ0v) is 11.7. The van der Waals surface area contributed by atoms with Gasteiger partial charge in [-0.1, -0.05) is 0 Å². The third-order valence-corrected chi connectivity index (χ3v) is 2.75. The molecule has 7 nitrogen and oxygen atoms in total. The van der Waals surface area contributed by atoms with Crippen LogP contribution in [0.15, 0.2) is 18.2 Å². The number of nitrogens with one attached hydrogen (secondary N) is 1. The van der Waals surface area contributed by atoms with Gasteiger partial charge in [0, 0.05) is 19.7 Å². The monoisotopic (exact) mass is 275 g/mol. The van der Waals surface area contributed by atoms with Gasteiger partial charge in [0.15, 0.2) is 11.6 Å². The number of benzene rings is 1. The molecular formula is C13H17N5O2. The maximum Gasteiger partial charge on any atom is 0.221 e. The van der Waals surface area contributed by atoms with Crippen molar-refractivity contribution in [2.45, 2.75) is 13.5 Å². The zero-order valence-electron chi connectivity index (χ0n) is 11.7. The van der Waals surface area contributed by atoms with E-state index in [9.17, 15) is 4.79 Å². The van der Waals surface area contributed by atoms with E-state index in [-0.39, 0.29) is 12.5 Å². The van der Waals surface area contributed by atoms with E-state index in [0.717, 1.165) is 5.56 Å². The molecule has 0 unspecified atom stereocenters. The van der Waals surface area contributed by atoms with E-state index in [1.54, 1.807) is 37.0 Å². The molecule has 0 spiro atoms. The lowest BCUT2D eigenvalue weighted by Gasteiger charge is -2.10. The summed E-state index contributed by atoms with van der Waals surface area (Å²) in [6.07, 6.45) is 0. The molecule has 0 atom stereocenters. The number of nitrogens with zero attached hydrogens (tertiary/aromatic N) is 3. The second-order valence-corrected chi connectivity index (χ2v) is 4.28. The standard InChI is InChI=1S/C13H17N5O2/c1-8(19)15-9-4-5-11(20-3)10(6-9)13-16-12(7-14)17-18(13)2/h4-6H,7,14H2,1-3H3,(H,15,19). The van der Waals surface area contributed by atoms with Crippen LogP contribution in [0.1, 0.15) is 12.7 Å². The highest BCUT2D eigenvalue weighted by Crippen LogP contribution is 2.31. The predicted octanol–water partition coefficient (Wildman–Crippen LogP) is 0.908. The Hall–Kier alpha value is -2.41. The minimum atomic E-state index is -0.137. The van der Waals surface area contributed by atoms with E-state index in [4.69, 9.17) is 10.5 Å². The molecule has 106 valence electrons. The molecule has 0 fully saturated rings. The molecular weight excluding hydrogens is 258 g/mol. The van der Waals surface area contributed by atoms with Crippen molar-refractivity contribution in [1.82, 2.24) is 14.8 Å². The van der Waals surface area contributed by atoms with E-state index in [2.05, 4.69) is 15.4 Å². The fourth-order valence-corrected chi connectivity index (χ4v) is 1.92. The van der Waals surface area contributed by atoms with Crippen LogP contribution >= 0.6 is 0 Å². The number of carbonyl (C=O) groups is 1. The fraction of sp³-hybridized carbons (Fsp3) is 0.308. The number of nitrogens with two attached hydrogens (primary N) is 1. The number of aryl methyl sites for hydroxylation is 1. The van der Waals surface area contributed by atoms with E-state index in [1.807, 2.05) is 0 Å². The van der Waals surface area contributed by atoms with Gasteiger partial charge in [0.25, 0.3) is 0 Å². The normalized spacial score (nSPS) is 10.4. The van der Waals surface area contributed by atoms with Crippen molar-refractivity contribution in [3.63, 3.8) is 0 Å². The summed E-state index contributed by atoms with van der Waals surface area (Å²) in [7, 11) is 3.36. The summed E-state index contributed by atoms with van der Waals surface area (Å²) in [6.45, 7) is 1.72. The van der Waals surface area contributed by atoms with Crippen molar-refractivity contribution < 1.29 is 9.53 Å². The van der Waals surface area contributed by atoms with E-state index in [1.165, 1.54) is 6.92 Å². The summed E-state index contributed by atoms with van der Waals surface area (Å²) < 4.78 is 6.97. The molecule has 0 aliphatic carbocycles. The van der Waals surface area contributed by atoms with Gasteiger partial charge in [0.05, 0.1) is 19.2 Å². The maximum absolute atomic E-state index is 11.1. The topological polar surface area (TPSA) is 95.1 Å². The van der Waals surface area contributed by atoms with Gasteiger partial charge >= 0.3 is 0 Å². The summed E-state index contributed by atoms with van der Waals surface area (Å²) in [6, 6.07) is 5.34. The van der Waals surface area contributed by atoms with Crippen molar-refractivity contribution in [2.75, 3.05) is 12.4 Å². The molecule has 0 aliphatic heterocycles. The number of anilines is 1. The summed E-state index contributed by atoms with van der Waals surface area (Å²) in [4.78, 5) is 15.5. The molecule has 0 bridgehead atoms. The van der Waals surface area contributed by atoms with E-state index < -0.39 is 0 Å². The average molecular weight is 275 g/mol. The molecule has 0 saturated carbocycles. The minimum absolute atomic E-state index is 0.137. The van der Waals surface area contributed by atoms with Gasteiger partial charge in [-0.05, 0) is 18.2 Å². The van der Waals surface area contributed by atoms with Crippen molar-refractivity contribution >= 4 is 11.6 Å². The lowest BCUT2D eigenvalue weighted by Crippen LogP contribution is -2.06. The minimum Gasteiger partial charge on any atom is -0.496 e. The van der Waals surface area contributed by atoms with Gasteiger partial charge in [0.1, 0.15) is 5.75 Å². The Morgan fingerprint density at radius 1 is 1.50 bits per heavy atom. The Bertz CT molecular complexity index is 636. The first-order valence-corrected chi connectivity index (χ1v) is 6.11. The maximum atomic E-state index is 11.1. The molecule has 0 aliphatic rings. The lowest BCUT2D eigenvalue weighted by molar-refractivity contribution is -0.114. The summed E-state index contributed by atoms with van der Waals surface area (Å²) in [5.41, 5.74) is 6.97. The Balaban J connectivity index is 2.51. The third kappa shape index (κ3) is 2.77. The van der Waals surface area contributed by atoms with Crippen molar-refractivity contribution in [1.29, 1.82) is 0 Å². The van der Waals surface area contributed by atoms with Crippen LogP contribution in [-0.2, 0) is 18.4 Å². The SMILES string of the molecule is COc1ccc(NC(C)=O)cc1-c1nc(CN)nn1C. The van der Waals surface area contributed by atoms with Crippen LogP contribution in [0.25, 0.3) is 11.4 Å². The molecule has 3 N–H and O–H groups in total. The first-order valence-electron chi connectivity index (χ1n) is 6.11. The van der Waals surface area contributed by atoms with E-state index >= 15 is 0 Å². The quantitative estimate of drug-likeness (QED) is 0.864. The smallest absolute Gasteiger partial charge is 0.221 e. The zero-order chi connectivity index (χ0) is 14.7. The van der Waals surface area contributed by atoms with Crippen LogP contribution in [-0.4, -0.2) is 27.8 Å². The highest BCUT2D eigenvalue weighted by molar-refractivity contribution is 5.89. The molecule has 7 heteroatoms. The van der Waals surface area contributed by atoms with Crippen molar-refractivity contribution in [2.24, 2.45) is 12.8 Å². The number of aromatic nitrogens is 3. The molecule has 0 saturated heterocycles. The summed E-state index contributed by atoms with van der Waals surface area (Å²) in [5, 5.41) is 6.94. The Labute approximate surface area is 116 Å². The highest BCUT2D eigenvalue weighted by atomic mass is 16.5. The van der Waals surface area contributed by atoms with Crippen molar-refractivity contribution in [3.05, 3.63) is 24.0 Å². The molecule has 1 aromatic carbocycles. The number of ether oxygens (including phenoxy) is 1. The second-order valence-electron chi connectivity index (χ2n) is 4.28. The number of hydrogen-bond acceptors (Lipinski definition) is 5. The van der Waals surface area contributed by atoms with Crippen LogP contribution in [0.2, 0.25) is 0 Å². The van der Waals surface area contributed by atoms with Crippen LogP contribution in [0.5, 0.6) is 5.75 Å². The lowest BCUT2D eigenvalue weighted by atomic mass is 10.1. The highest BCUT2D eigenvalue weighted by Gasteiger charge is 2.14. The average Bonchev–Trinajstić information content (AvgIpc) is 2.79.